The summed E-state index contributed by atoms with van der Waals surface area (Å²) in [5, 5.41) is 15.4. The van der Waals surface area contributed by atoms with Crippen molar-refractivity contribution in [2.75, 3.05) is 18.5 Å². The van der Waals surface area contributed by atoms with E-state index in [1.165, 1.54) is 16.9 Å². The molecule has 1 heterocycles. The van der Waals surface area contributed by atoms with Gasteiger partial charge in [-0.15, -0.1) is 0 Å². The van der Waals surface area contributed by atoms with E-state index in [1.54, 1.807) is 18.2 Å². The number of nitrogens with zero attached hydrogens (tertiary/aromatic N) is 2. The minimum Gasteiger partial charge on any atom is -0.490 e. The molecule has 0 bridgehead atoms. The number of hydrogen-bond acceptors (Lipinski definition) is 5. The molecule has 1 aromatic carbocycles. The Morgan fingerprint density at radius 2 is 2.00 bits per heavy atom. The van der Waals surface area contributed by atoms with E-state index in [0.29, 0.717) is 30.3 Å². The van der Waals surface area contributed by atoms with Crippen molar-refractivity contribution < 1.29 is 24.2 Å². The summed E-state index contributed by atoms with van der Waals surface area (Å²) in [5.41, 5.74) is 0.393. The van der Waals surface area contributed by atoms with E-state index in [9.17, 15) is 9.59 Å². The average Bonchev–Trinajstić information content (AvgIpc) is 3.02. The number of unbranched alkanes of at least 4 members (excludes halogenated alkanes) is 1. The van der Waals surface area contributed by atoms with Gasteiger partial charge in [0.05, 0.1) is 13.2 Å². The quantitative estimate of drug-likeness (QED) is 0.631. The number of carbonyl (C=O) groups excluding carboxylic acids is 1. The van der Waals surface area contributed by atoms with Crippen LogP contribution in [-0.2, 0) is 11.3 Å². The van der Waals surface area contributed by atoms with Gasteiger partial charge in [-0.1, -0.05) is 13.3 Å². The lowest BCUT2D eigenvalue weighted by atomic mass is 10.2. The number of carboxylic acid groups (broad SMARTS) is 1. The second-order valence-electron chi connectivity index (χ2n) is 5.54. The molecule has 0 atom stereocenters. The number of rotatable bonds is 10. The highest BCUT2D eigenvalue weighted by molar-refractivity contribution is 6.04. The van der Waals surface area contributed by atoms with Gasteiger partial charge < -0.3 is 19.9 Å². The fraction of sp³-hybridized carbons (Fsp3) is 0.389. The van der Waals surface area contributed by atoms with Crippen LogP contribution in [0.25, 0.3) is 0 Å². The minimum absolute atomic E-state index is 0.270. The highest BCUT2D eigenvalue weighted by Crippen LogP contribution is 2.29. The fourth-order valence-electron chi connectivity index (χ4n) is 2.21. The fourth-order valence-corrected chi connectivity index (χ4v) is 2.21. The Hall–Kier alpha value is -3.03. The van der Waals surface area contributed by atoms with Crippen LogP contribution in [0.1, 0.15) is 37.0 Å². The number of aromatic nitrogens is 2. The van der Waals surface area contributed by atoms with Crippen LogP contribution in [0.4, 0.5) is 5.82 Å². The Kier molecular flexibility index (Phi) is 7.02. The summed E-state index contributed by atoms with van der Waals surface area (Å²) in [6.07, 6.45) is 3.45. The van der Waals surface area contributed by atoms with Crippen LogP contribution in [0.15, 0.2) is 30.5 Å². The first-order valence-electron chi connectivity index (χ1n) is 8.49. The summed E-state index contributed by atoms with van der Waals surface area (Å²) in [6, 6.07) is 6.51. The van der Waals surface area contributed by atoms with Crippen molar-refractivity contribution in [2.24, 2.45) is 0 Å². The highest BCUT2D eigenvalue weighted by Gasteiger charge is 2.13. The van der Waals surface area contributed by atoms with Crippen molar-refractivity contribution in [1.82, 2.24) is 9.78 Å². The Morgan fingerprint density at radius 3 is 2.69 bits per heavy atom. The maximum Gasteiger partial charge on any atom is 0.325 e. The summed E-state index contributed by atoms with van der Waals surface area (Å²) in [5.74, 6) is 0.00496. The lowest BCUT2D eigenvalue weighted by Gasteiger charge is -2.13. The molecule has 2 N–H and O–H groups in total. The van der Waals surface area contributed by atoms with Gasteiger partial charge in [0.25, 0.3) is 5.91 Å². The van der Waals surface area contributed by atoms with Crippen LogP contribution in [-0.4, -0.2) is 40.0 Å². The predicted molar refractivity (Wildman–Crippen MR) is 95.8 cm³/mol. The number of ether oxygens (including phenoxy) is 2. The van der Waals surface area contributed by atoms with E-state index in [2.05, 4.69) is 17.3 Å². The van der Waals surface area contributed by atoms with E-state index in [4.69, 9.17) is 14.6 Å². The van der Waals surface area contributed by atoms with E-state index < -0.39 is 5.97 Å². The van der Waals surface area contributed by atoms with Gasteiger partial charge in [0.2, 0.25) is 0 Å². The van der Waals surface area contributed by atoms with Crippen molar-refractivity contribution in [3.8, 4) is 11.5 Å². The van der Waals surface area contributed by atoms with E-state index in [1.807, 2.05) is 6.92 Å². The zero-order chi connectivity index (χ0) is 18.9. The van der Waals surface area contributed by atoms with Crippen molar-refractivity contribution in [3.05, 3.63) is 36.0 Å². The second kappa shape index (κ2) is 9.45. The Balaban J connectivity index is 2.08. The third kappa shape index (κ3) is 5.51. The number of carboxylic acids is 1. The standard InChI is InChI=1S/C18H23N3O5/c1-3-5-10-26-14-7-6-13(11-15(14)25-4-2)18(24)19-16-8-9-21(20-16)12-17(22)23/h6-9,11H,3-5,10,12H2,1-2H3,(H,22,23)(H,19,20,24). The van der Waals surface area contributed by atoms with Gasteiger partial charge in [-0.3, -0.25) is 14.3 Å². The molecule has 0 aliphatic heterocycles. The molecule has 0 unspecified atom stereocenters. The summed E-state index contributed by atoms with van der Waals surface area (Å²) >= 11 is 0. The summed E-state index contributed by atoms with van der Waals surface area (Å²) in [4.78, 5) is 23.1. The molecule has 1 amide bonds. The summed E-state index contributed by atoms with van der Waals surface area (Å²) < 4.78 is 12.5. The number of carbonyl (C=O) groups is 2. The molecule has 1 aromatic heterocycles. The molecule has 2 rings (SSSR count). The van der Waals surface area contributed by atoms with Crippen molar-refractivity contribution in [3.63, 3.8) is 0 Å². The van der Waals surface area contributed by atoms with Gasteiger partial charge in [-0.25, -0.2) is 0 Å². The first-order chi connectivity index (χ1) is 12.5. The first kappa shape index (κ1) is 19.3. The number of benzene rings is 1. The third-order valence-electron chi connectivity index (χ3n) is 3.44. The molecule has 0 radical (unpaired) electrons. The largest absolute Gasteiger partial charge is 0.490 e. The topological polar surface area (TPSA) is 103 Å². The molecule has 8 heteroatoms. The van der Waals surface area contributed by atoms with Crippen LogP contribution >= 0.6 is 0 Å². The van der Waals surface area contributed by atoms with Crippen molar-refractivity contribution in [1.29, 1.82) is 0 Å². The number of anilines is 1. The Morgan fingerprint density at radius 1 is 1.19 bits per heavy atom. The number of amides is 1. The highest BCUT2D eigenvalue weighted by atomic mass is 16.5. The monoisotopic (exact) mass is 361 g/mol. The summed E-state index contributed by atoms with van der Waals surface area (Å²) in [7, 11) is 0. The minimum atomic E-state index is -1.01. The van der Waals surface area contributed by atoms with Gasteiger partial charge in [0.15, 0.2) is 17.3 Å². The van der Waals surface area contributed by atoms with Gasteiger partial charge >= 0.3 is 5.97 Å². The van der Waals surface area contributed by atoms with Crippen LogP contribution < -0.4 is 14.8 Å². The molecule has 0 saturated carbocycles. The molecule has 0 spiro atoms. The van der Waals surface area contributed by atoms with E-state index >= 15 is 0 Å². The Bertz CT molecular complexity index is 757. The number of hydrogen-bond donors (Lipinski definition) is 2. The smallest absolute Gasteiger partial charge is 0.325 e. The average molecular weight is 361 g/mol. The van der Waals surface area contributed by atoms with Crippen LogP contribution in [0, 0.1) is 0 Å². The Labute approximate surface area is 151 Å². The predicted octanol–water partition coefficient (Wildman–Crippen LogP) is 2.80. The summed E-state index contributed by atoms with van der Waals surface area (Å²) in [6.45, 7) is 4.71. The van der Waals surface area contributed by atoms with Crippen LogP contribution in [0.2, 0.25) is 0 Å². The molecule has 0 fully saturated rings. The zero-order valence-corrected chi connectivity index (χ0v) is 14.9. The van der Waals surface area contributed by atoms with Crippen LogP contribution in [0.3, 0.4) is 0 Å². The second-order valence-corrected chi connectivity index (χ2v) is 5.54. The molecular weight excluding hydrogens is 338 g/mol. The van der Waals surface area contributed by atoms with Gasteiger partial charge in [-0.2, -0.15) is 5.10 Å². The molecular formula is C18H23N3O5. The van der Waals surface area contributed by atoms with Gasteiger partial charge in [0, 0.05) is 17.8 Å². The molecule has 2 aromatic rings. The zero-order valence-electron chi connectivity index (χ0n) is 14.9. The lowest BCUT2D eigenvalue weighted by Crippen LogP contribution is -2.14. The third-order valence-corrected chi connectivity index (χ3v) is 3.44. The molecule has 0 saturated heterocycles. The lowest BCUT2D eigenvalue weighted by molar-refractivity contribution is -0.137. The van der Waals surface area contributed by atoms with Gasteiger partial charge in [-0.05, 0) is 31.5 Å². The van der Waals surface area contributed by atoms with E-state index in [0.717, 1.165) is 12.8 Å². The normalized spacial score (nSPS) is 10.4. The maximum absolute atomic E-state index is 12.4. The van der Waals surface area contributed by atoms with E-state index in [-0.39, 0.29) is 18.3 Å². The number of aliphatic carboxylic acids is 1. The van der Waals surface area contributed by atoms with Crippen molar-refractivity contribution >= 4 is 17.7 Å². The van der Waals surface area contributed by atoms with Gasteiger partial charge in [0.1, 0.15) is 6.54 Å². The first-order valence-corrected chi connectivity index (χ1v) is 8.49. The number of nitrogens with one attached hydrogen (secondary N) is 1. The molecule has 0 aliphatic rings. The van der Waals surface area contributed by atoms with Crippen molar-refractivity contribution in [2.45, 2.75) is 33.2 Å². The molecule has 140 valence electrons. The molecule has 0 aliphatic carbocycles. The van der Waals surface area contributed by atoms with Crippen LogP contribution in [0.5, 0.6) is 11.5 Å². The molecule has 8 nitrogen and oxygen atoms in total. The molecule has 26 heavy (non-hydrogen) atoms. The SMILES string of the molecule is CCCCOc1ccc(C(=O)Nc2ccn(CC(=O)O)n2)cc1OCC. The maximum atomic E-state index is 12.4.